The zero-order valence-corrected chi connectivity index (χ0v) is 17.6. The predicted molar refractivity (Wildman–Crippen MR) is 95.3 cm³/mol. The standard InChI is InChI=1S/C6H9O2.3C4H9.Sn/c1-3-4-5-6(7)8-2;3*1-3-4-2;/h1,3H,4-5H2,2H3;3*1,3-4H2,2H3;. The maximum absolute atomic E-state index is 11.2. The number of esters is 1. The molecule has 0 atom stereocenters. The topological polar surface area (TPSA) is 26.3 Å². The number of hydrogen-bond donors (Lipinski definition) is 0. The summed E-state index contributed by atoms with van der Waals surface area (Å²) in [7, 11) is 1.47. The summed E-state index contributed by atoms with van der Waals surface area (Å²) in [4.78, 5) is 11.2. The summed E-state index contributed by atoms with van der Waals surface area (Å²) in [5.41, 5.74) is 0. The third-order valence-electron chi connectivity index (χ3n) is 4.30. The number of unbranched alkanes of at least 4 members (excludes halogenated alkanes) is 3. The van der Waals surface area contributed by atoms with Crippen LogP contribution in [-0.2, 0) is 9.53 Å². The number of hydrogen-bond acceptors (Lipinski definition) is 2. The molecular weight excluding hydrogens is 367 g/mol. The Bertz CT molecular complexity index is 265. The van der Waals surface area contributed by atoms with Crippen LogP contribution in [-0.4, -0.2) is 31.5 Å². The number of allylic oxidation sites excluding steroid dienone is 1. The van der Waals surface area contributed by atoms with E-state index in [9.17, 15) is 4.79 Å². The van der Waals surface area contributed by atoms with E-state index in [1.807, 2.05) is 0 Å². The van der Waals surface area contributed by atoms with Crippen LogP contribution in [0.4, 0.5) is 0 Å². The first-order valence-corrected chi connectivity index (χ1v) is 16.6. The Kier molecular flexibility index (Phi) is 13.7. The van der Waals surface area contributed by atoms with Crippen LogP contribution in [0.1, 0.15) is 72.1 Å². The molecule has 21 heavy (non-hydrogen) atoms. The van der Waals surface area contributed by atoms with E-state index in [-0.39, 0.29) is 5.97 Å². The van der Waals surface area contributed by atoms with Gasteiger partial charge in [0.05, 0.1) is 0 Å². The first-order valence-electron chi connectivity index (χ1n) is 8.88. The van der Waals surface area contributed by atoms with Gasteiger partial charge in [0.2, 0.25) is 0 Å². The van der Waals surface area contributed by atoms with Crippen molar-refractivity contribution in [3.63, 3.8) is 0 Å². The average Bonchev–Trinajstić information content (AvgIpc) is 2.52. The second-order valence-electron chi connectivity index (χ2n) is 6.19. The van der Waals surface area contributed by atoms with Crippen molar-refractivity contribution in [2.24, 2.45) is 0 Å². The predicted octanol–water partition coefficient (Wildman–Crippen LogP) is 5.88. The summed E-state index contributed by atoms with van der Waals surface area (Å²) in [6, 6.07) is 0. The van der Waals surface area contributed by atoms with E-state index in [0.29, 0.717) is 6.42 Å². The molecule has 0 N–H and O–H groups in total. The SMILES string of the molecule is CCC[CH2][Sn](/[CH]=C/CCC(=O)OC)([CH2]CCC)[CH2]CCC. The van der Waals surface area contributed by atoms with Gasteiger partial charge in [0, 0.05) is 0 Å². The van der Waals surface area contributed by atoms with E-state index in [0.717, 1.165) is 6.42 Å². The molecule has 0 rings (SSSR count). The second kappa shape index (κ2) is 13.7. The van der Waals surface area contributed by atoms with Gasteiger partial charge in [-0.15, -0.1) is 0 Å². The molecule has 0 bridgehead atoms. The summed E-state index contributed by atoms with van der Waals surface area (Å²) in [6.07, 6.45) is 11.8. The molecule has 124 valence electrons. The van der Waals surface area contributed by atoms with Crippen molar-refractivity contribution in [2.45, 2.75) is 85.4 Å². The average molecular weight is 403 g/mol. The number of rotatable bonds is 13. The Morgan fingerprint density at radius 3 is 1.81 bits per heavy atom. The Hall–Kier alpha value is 0.00870. The second-order valence-corrected chi connectivity index (χ2v) is 19.2. The van der Waals surface area contributed by atoms with E-state index in [4.69, 9.17) is 4.74 Å². The van der Waals surface area contributed by atoms with Crippen LogP contribution in [0.15, 0.2) is 10.2 Å². The van der Waals surface area contributed by atoms with Crippen LogP contribution < -0.4 is 0 Å². The first-order chi connectivity index (χ1) is 10.1. The third kappa shape index (κ3) is 10.4. The third-order valence-corrected chi connectivity index (χ3v) is 18.5. The van der Waals surface area contributed by atoms with E-state index in [2.05, 4.69) is 30.9 Å². The molecule has 0 aliphatic carbocycles. The van der Waals surface area contributed by atoms with Gasteiger partial charge < -0.3 is 0 Å². The Balaban J connectivity index is 4.68. The molecule has 0 spiro atoms. The fourth-order valence-electron chi connectivity index (χ4n) is 2.85. The maximum atomic E-state index is 11.2. The molecule has 0 aromatic rings. The Morgan fingerprint density at radius 2 is 1.43 bits per heavy atom. The zero-order chi connectivity index (χ0) is 16.0. The van der Waals surface area contributed by atoms with Crippen molar-refractivity contribution in [1.82, 2.24) is 0 Å². The van der Waals surface area contributed by atoms with Crippen LogP contribution >= 0.6 is 0 Å². The molecule has 0 heterocycles. The summed E-state index contributed by atoms with van der Waals surface area (Å²) in [5.74, 6) is -0.0869. The molecule has 0 saturated carbocycles. The molecule has 0 saturated heterocycles. The summed E-state index contributed by atoms with van der Waals surface area (Å²) >= 11 is -2.11. The van der Waals surface area contributed by atoms with E-state index < -0.39 is 18.4 Å². The molecule has 3 heteroatoms. The van der Waals surface area contributed by atoms with Crippen molar-refractivity contribution in [3.05, 3.63) is 10.2 Å². The fourth-order valence-corrected chi connectivity index (χ4v) is 17.4. The van der Waals surface area contributed by atoms with E-state index in [1.54, 1.807) is 0 Å². The van der Waals surface area contributed by atoms with Crippen LogP contribution in [0.25, 0.3) is 0 Å². The van der Waals surface area contributed by atoms with Gasteiger partial charge in [0.25, 0.3) is 0 Å². The van der Waals surface area contributed by atoms with Crippen LogP contribution in [0.5, 0.6) is 0 Å². The van der Waals surface area contributed by atoms with Crippen molar-refractivity contribution in [1.29, 1.82) is 0 Å². The molecule has 0 fully saturated rings. The molecule has 0 aliphatic rings. The van der Waals surface area contributed by atoms with Crippen LogP contribution in [0.3, 0.4) is 0 Å². The van der Waals surface area contributed by atoms with Crippen molar-refractivity contribution in [2.75, 3.05) is 7.11 Å². The molecule has 0 amide bonds. The van der Waals surface area contributed by atoms with E-state index >= 15 is 0 Å². The number of carbonyl (C=O) groups excluding carboxylic acids is 1. The van der Waals surface area contributed by atoms with Gasteiger partial charge in [-0.3, -0.25) is 0 Å². The van der Waals surface area contributed by atoms with Crippen LogP contribution in [0, 0.1) is 0 Å². The molecule has 0 aliphatic heterocycles. The number of carbonyl (C=O) groups is 1. The normalized spacial score (nSPS) is 12.0. The van der Waals surface area contributed by atoms with E-state index in [1.165, 1.54) is 58.9 Å². The molecule has 0 aromatic heterocycles. The molecule has 0 unspecified atom stereocenters. The van der Waals surface area contributed by atoms with Gasteiger partial charge >= 0.3 is 137 Å². The Morgan fingerprint density at radius 1 is 0.952 bits per heavy atom. The summed E-state index contributed by atoms with van der Waals surface area (Å²) in [5, 5.41) is 0. The molecular formula is C18H36O2Sn. The minimum absolute atomic E-state index is 0.0869. The summed E-state index contributed by atoms with van der Waals surface area (Å²) < 4.78 is 11.9. The number of ether oxygens (including phenoxy) is 1. The van der Waals surface area contributed by atoms with Crippen molar-refractivity contribution in [3.8, 4) is 0 Å². The Labute approximate surface area is 136 Å². The van der Waals surface area contributed by atoms with Crippen LogP contribution in [0.2, 0.25) is 13.3 Å². The minimum atomic E-state index is -2.11. The molecule has 2 nitrogen and oxygen atoms in total. The quantitative estimate of drug-likeness (QED) is 0.283. The van der Waals surface area contributed by atoms with Crippen molar-refractivity contribution < 1.29 is 9.53 Å². The molecule has 0 radical (unpaired) electrons. The zero-order valence-electron chi connectivity index (χ0n) is 14.7. The van der Waals surface area contributed by atoms with Gasteiger partial charge in [0.15, 0.2) is 0 Å². The first kappa shape index (κ1) is 21.0. The monoisotopic (exact) mass is 404 g/mol. The molecule has 0 aromatic carbocycles. The van der Waals surface area contributed by atoms with Gasteiger partial charge in [-0.1, -0.05) is 0 Å². The van der Waals surface area contributed by atoms with Gasteiger partial charge in [-0.25, -0.2) is 0 Å². The van der Waals surface area contributed by atoms with Crippen molar-refractivity contribution >= 4 is 24.3 Å². The number of methoxy groups -OCH3 is 1. The van der Waals surface area contributed by atoms with Gasteiger partial charge in [-0.05, 0) is 0 Å². The van der Waals surface area contributed by atoms with Gasteiger partial charge in [-0.2, -0.15) is 0 Å². The summed E-state index contributed by atoms with van der Waals surface area (Å²) in [6.45, 7) is 6.91. The fraction of sp³-hybridized carbons (Fsp3) is 0.833. The van der Waals surface area contributed by atoms with Gasteiger partial charge in [0.1, 0.15) is 0 Å².